The number of rotatable bonds is 7. The SMILES string of the molecule is COC(=O)CCC(C#N)(CCC(=O)OC)c1ccc(C(C)(C)C)cc1. The van der Waals surface area contributed by atoms with Crippen molar-refractivity contribution < 1.29 is 19.1 Å². The minimum absolute atomic E-state index is 0.00582. The molecular formula is C20H27NO4. The molecule has 0 aliphatic rings. The predicted molar refractivity (Wildman–Crippen MR) is 94.9 cm³/mol. The molecule has 0 bridgehead atoms. The summed E-state index contributed by atoms with van der Waals surface area (Å²) in [7, 11) is 2.64. The van der Waals surface area contributed by atoms with Crippen molar-refractivity contribution in [1.29, 1.82) is 5.26 Å². The van der Waals surface area contributed by atoms with E-state index in [1.807, 2.05) is 24.3 Å². The Morgan fingerprint density at radius 3 is 1.64 bits per heavy atom. The van der Waals surface area contributed by atoms with Gasteiger partial charge in [-0.05, 0) is 29.4 Å². The number of hydrogen-bond donors (Lipinski definition) is 0. The zero-order valence-electron chi connectivity index (χ0n) is 15.7. The molecule has 0 heterocycles. The summed E-state index contributed by atoms with van der Waals surface area (Å²) in [6.07, 6.45) is 0.822. The lowest BCUT2D eigenvalue weighted by Crippen LogP contribution is -2.27. The lowest BCUT2D eigenvalue weighted by molar-refractivity contribution is -0.141. The standard InChI is InChI=1S/C20H27NO4/c1-19(2,3)15-6-8-16(9-7-15)20(14-21,12-10-17(22)24-4)13-11-18(23)25-5/h6-9H,10-13H2,1-5H3. The number of esters is 2. The lowest BCUT2D eigenvalue weighted by atomic mass is 9.73. The smallest absolute Gasteiger partial charge is 0.305 e. The van der Waals surface area contributed by atoms with Crippen molar-refractivity contribution in [1.82, 2.24) is 0 Å². The Kier molecular flexibility index (Phi) is 7.17. The zero-order valence-corrected chi connectivity index (χ0v) is 15.7. The molecule has 0 radical (unpaired) electrons. The number of nitrogens with zero attached hydrogens (tertiary/aromatic N) is 1. The maximum atomic E-state index is 11.6. The van der Waals surface area contributed by atoms with Gasteiger partial charge in [-0.1, -0.05) is 45.0 Å². The number of carbonyl (C=O) groups excluding carboxylic acids is 2. The van der Waals surface area contributed by atoms with Crippen LogP contribution in [0.3, 0.4) is 0 Å². The third-order valence-corrected chi connectivity index (χ3v) is 4.48. The molecule has 25 heavy (non-hydrogen) atoms. The predicted octanol–water partition coefficient (Wildman–Crippen LogP) is 3.65. The molecule has 0 aliphatic carbocycles. The van der Waals surface area contributed by atoms with E-state index in [9.17, 15) is 14.9 Å². The number of ether oxygens (including phenoxy) is 2. The fourth-order valence-electron chi connectivity index (χ4n) is 2.71. The molecule has 0 N–H and O–H groups in total. The van der Waals surface area contributed by atoms with Crippen LogP contribution in [0.5, 0.6) is 0 Å². The van der Waals surface area contributed by atoms with Crippen molar-refractivity contribution in [2.45, 2.75) is 57.3 Å². The minimum Gasteiger partial charge on any atom is -0.469 e. The van der Waals surface area contributed by atoms with Gasteiger partial charge in [0.2, 0.25) is 0 Å². The number of nitriles is 1. The Morgan fingerprint density at radius 1 is 0.920 bits per heavy atom. The fraction of sp³-hybridized carbons (Fsp3) is 0.550. The van der Waals surface area contributed by atoms with E-state index in [1.165, 1.54) is 14.2 Å². The summed E-state index contributed by atoms with van der Waals surface area (Å²) in [6, 6.07) is 10.2. The maximum absolute atomic E-state index is 11.6. The summed E-state index contributed by atoms with van der Waals surface area (Å²) in [5.41, 5.74) is 1.03. The Bertz CT molecular complexity index is 615. The number of methoxy groups -OCH3 is 2. The van der Waals surface area contributed by atoms with Crippen LogP contribution < -0.4 is 0 Å². The molecule has 0 aromatic heterocycles. The van der Waals surface area contributed by atoms with Gasteiger partial charge in [0.1, 0.15) is 0 Å². The van der Waals surface area contributed by atoms with Crippen molar-refractivity contribution >= 4 is 11.9 Å². The van der Waals surface area contributed by atoms with Gasteiger partial charge in [-0.25, -0.2) is 0 Å². The van der Waals surface area contributed by atoms with E-state index in [-0.39, 0.29) is 30.2 Å². The molecule has 1 rings (SSSR count). The molecule has 5 nitrogen and oxygen atoms in total. The van der Waals surface area contributed by atoms with E-state index in [0.717, 1.165) is 11.1 Å². The van der Waals surface area contributed by atoms with Crippen molar-refractivity contribution in [3.63, 3.8) is 0 Å². The molecular weight excluding hydrogens is 318 g/mol. The number of hydrogen-bond acceptors (Lipinski definition) is 5. The van der Waals surface area contributed by atoms with Gasteiger partial charge in [0.15, 0.2) is 0 Å². The van der Waals surface area contributed by atoms with Crippen molar-refractivity contribution in [3.8, 4) is 6.07 Å². The van der Waals surface area contributed by atoms with Gasteiger partial charge in [-0.3, -0.25) is 9.59 Å². The molecule has 0 amide bonds. The van der Waals surface area contributed by atoms with Crippen LogP contribution in [-0.4, -0.2) is 26.2 Å². The van der Waals surface area contributed by atoms with Crippen LogP contribution in [0.25, 0.3) is 0 Å². The molecule has 0 aliphatic heterocycles. The number of benzene rings is 1. The highest BCUT2D eigenvalue weighted by Gasteiger charge is 2.34. The molecule has 0 saturated carbocycles. The molecule has 0 fully saturated rings. The average Bonchev–Trinajstić information content (AvgIpc) is 2.61. The fourth-order valence-corrected chi connectivity index (χ4v) is 2.71. The van der Waals surface area contributed by atoms with Crippen molar-refractivity contribution in [2.75, 3.05) is 14.2 Å². The summed E-state index contributed by atoms with van der Waals surface area (Å²) >= 11 is 0. The zero-order chi connectivity index (χ0) is 19.1. The summed E-state index contributed by atoms with van der Waals surface area (Å²) in [6.45, 7) is 6.36. The van der Waals surface area contributed by atoms with Crippen molar-refractivity contribution in [2.24, 2.45) is 0 Å². The van der Waals surface area contributed by atoms with Crippen LogP contribution in [0.2, 0.25) is 0 Å². The highest BCUT2D eigenvalue weighted by atomic mass is 16.5. The van der Waals surface area contributed by atoms with E-state index in [0.29, 0.717) is 12.8 Å². The summed E-state index contributed by atoms with van der Waals surface area (Å²) < 4.78 is 9.39. The molecule has 0 saturated heterocycles. The Hall–Kier alpha value is -2.35. The molecule has 0 spiro atoms. The second-order valence-corrected chi connectivity index (χ2v) is 7.17. The molecule has 1 aromatic rings. The van der Waals surface area contributed by atoms with Crippen LogP contribution in [0, 0.1) is 11.3 Å². The molecule has 5 heteroatoms. The molecule has 0 unspecified atom stereocenters. The lowest BCUT2D eigenvalue weighted by Gasteiger charge is -2.28. The quantitative estimate of drug-likeness (QED) is 0.705. The summed E-state index contributed by atoms with van der Waals surface area (Å²) in [4.78, 5) is 23.1. The average molecular weight is 345 g/mol. The monoisotopic (exact) mass is 345 g/mol. The van der Waals surface area contributed by atoms with Gasteiger partial charge in [0.25, 0.3) is 0 Å². The first-order chi connectivity index (χ1) is 11.7. The van der Waals surface area contributed by atoms with Gasteiger partial charge in [0, 0.05) is 12.8 Å². The van der Waals surface area contributed by atoms with Crippen LogP contribution in [0.4, 0.5) is 0 Å². The molecule has 136 valence electrons. The highest BCUT2D eigenvalue weighted by Crippen LogP contribution is 2.35. The Balaban J connectivity index is 3.16. The van der Waals surface area contributed by atoms with E-state index < -0.39 is 5.41 Å². The van der Waals surface area contributed by atoms with E-state index in [2.05, 4.69) is 26.8 Å². The summed E-state index contributed by atoms with van der Waals surface area (Å²) in [5.74, 6) is -0.743. The Labute approximate surface area is 149 Å². The van der Waals surface area contributed by atoms with Gasteiger partial charge < -0.3 is 9.47 Å². The normalized spacial score (nSPS) is 11.5. The third-order valence-electron chi connectivity index (χ3n) is 4.48. The van der Waals surface area contributed by atoms with Crippen LogP contribution in [0.1, 0.15) is 57.6 Å². The highest BCUT2D eigenvalue weighted by molar-refractivity contribution is 5.70. The van der Waals surface area contributed by atoms with Gasteiger partial charge in [-0.2, -0.15) is 5.26 Å². The van der Waals surface area contributed by atoms with E-state index in [4.69, 9.17) is 9.47 Å². The maximum Gasteiger partial charge on any atom is 0.305 e. The van der Waals surface area contributed by atoms with Gasteiger partial charge in [-0.15, -0.1) is 0 Å². The van der Waals surface area contributed by atoms with Crippen LogP contribution >= 0.6 is 0 Å². The van der Waals surface area contributed by atoms with Gasteiger partial charge in [0.05, 0.1) is 25.7 Å². The first-order valence-electron chi connectivity index (χ1n) is 8.34. The first-order valence-corrected chi connectivity index (χ1v) is 8.34. The summed E-state index contributed by atoms with van der Waals surface area (Å²) in [5, 5.41) is 9.88. The van der Waals surface area contributed by atoms with Crippen LogP contribution in [-0.2, 0) is 29.9 Å². The largest absolute Gasteiger partial charge is 0.469 e. The second-order valence-electron chi connectivity index (χ2n) is 7.17. The van der Waals surface area contributed by atoms with Crippen LogP contribution in [0.15, 0.2) is 24.3 Å². The third kappa shape index (κ3) is 5.60. The van der Waals surface area contributed by atoms with E-state index >= 15 is 0 Å². The van der Waals surface area contributed by atoms with Crippen molar-refractivity contribution in [3.05, 3.63) is 35.4 Å². The topological polar surface area (TPSA) is 76.4 Å². The van der Waals surface area contributed by atoms with E-state index in [1.54, 1.807) is 0 Å². The Morgan fingerprint density at radius 2 is 1.32 bits per heavy atom. The van der Waals surface area contributed by atoms with Gasteiger partial charge >= 0.3 is 11.9 Å². The molecule has 1 aromatic carbocycles. The first kappa shape index (κ1) is 20.7. The number of carbonyl (C=O) groups is 2. The minimum atomic E-state index is -0.932. The molecule has 0 atom stereocenters. The second kappa shape index (κ2) is 8.66.